The van der Waals surface area contributed by atoms with Gasteiger partial charge < -0.3 is 20.3 Å². The van der Waals surface area contributed by atoms with E-state index in [4.69, 9.17) is 4.74 Å². The molecule has 1 aromatic rings. The number of likely N-dealkylation sites (N-methyl/N-ethyl adjacent to an activating group) is 1. The summed E-state index contributed by atoms with van der Waals surface area (Å²) < 4.78 is 46.6. The summed E-state index contributed by atoms with van der Waals surface area (Å²) >= 11 is 0. The number of nitrogens with one attached hydrogen (secondary N) is 2. The van der Waals surface area contributed by atoms with Crippen LogP contribution in [0.25, 0.3) is 0 Å². The molecule has 3 atom stereocenters. The number of carbonyl (C=O) groups is 3. The highest BCUT2D eigenvalue weighted by Gasteiger charge is 2.47. The van der Waals surface area contributed by atoms with E-state index in [1.807, 2.05) is 0 Å². The molecule has 3 aliphatic heterocycles. The van der Waals surface area contributed by atoms with Gasteiger partial charge in [0.1, 0.15) is 6.04 Å². The molecule has 4 rings (SSSR count). The van der Waals surface area contributed by atoms with E-state index in [1.165, 1.54) is 28.0 Å². The molecule has 0 aliphatic carbocycles. The van der Waals surface area contributed by atoms with Crippen LogP contribution in [-0.2, 0) is 20.5 Å². The van der Waals surface area contributed by atoms with Crippen LogP contribution in [0.4, 0.5) is 18.0 Å². The van der Waals surface area contributed by atoms with Crippen LogP contribution in [0.5, 0.6) is 0 Å². The Hall–Kier alpha value is -3.08. The fraction of sp³-hybridized carbons (Fsp3) is 0.522. The number of hydrogen-bond donors (Lipinski definition) is 2. The summed E-state index contributed by atoms with van der Waals surface area (Å²) in [5, 5.41) is 5.35. The van der Waals surface area contributed by atoms with Crippen molar-refractivity contribution >= 4 is 17.8 Å². The number of nitrogens with zero attached hydrogens (tertiary/aromatic N) is 2. The highest BCUT2D eigenvalue weighted by atomic mass is 19.4. The molecule has 1 fully saturated rings. The molecule has 1 saturated heterocycles. The van der Waals surface area contributed by atoms with E-state index >= 15 is 0 Å². The molecule has 0 unspecified atom stereocenters. The number of ether oxygens (including phenoxy) is 1. The molecule has 34 heavy (non-hydrogen) atoms. The average Bonchev–Trinajstić information content (AvgIpc) is 3.44. The molecular weight excluding hydrogens is 453 g/mol. The first-order chi connectivity index (χ1) is 16.1. The normalized spacial score (nSPS) is 23.8. The molecule has 3 aliphatic rings. The molecule has 0 radical (unpaired) electrons. The second kappa shape index (κ2) is 9.28. The molecule has 3 heterocycles. The Morgan fingerprint density at radius 3 is 2.68 bits per heavy atom. The van der Waals surface area contributed by atoms with Crippen molar-refractivity contribution in [2.45, 2.75) is 51.1 Å². The quantitative estimate of drug-likeness (QED) is 0.655. The fourth-order valence-electron chi connectivity index (χ4n) is 4.71. The van der Waals surface area contributed by atoms with E-state index < -0.39 is 41.7 Å². The second-order valence-electron chi connectivity index (χ2n) is 8.56. The average molecular weight is 480 g/mol. The van der Waals surface area contributed by atoms with Crippen molar-refractivity contribution in [1.82, 2.24) is 20.4 Å². The Labute approximate surface area is 195 Å². The van der Waals surface area contributed by atoms with Crippen molar-refractivity contribution in [3.63, 3.8) is 0 Å². The molecule has 0 aromatic heterocycles. The summed E-state index contributed by atoms with van der Waals surface area (Å²) in [5.41, 5.74) is -0.767. The van der Waals surface area contributed by atoms with E-state index in [9.17, 15) is 27.6 Å². The van der Waals surface area contributed by atoms with E-state index in [2.05, 4.69) is 10.6 Å². The second-order valence-corrected chi connectivity index (χ2v) is 8.56. The zero-order chi connectivity index (χ0) is 24.6. The van der Waals surface area contributed by atoms with Crippen LogP contribution >= 0.6 is 0 Å². The number of halogens is 3. The van der Waals surface area contributed by atoms with Gasteiger partial charge >= 0.3 is 12.2 Å². The van der Waals surface area contributed by atoms with Gasteiger partial charge in [0.15, 0.2) is 0 Å². The fourth-order valence-corrected chi connectivity index (χ4v) is 4.71. The number of urea groups is 1. The van der Waals surface area contributed by atoms with Crippen LogP contribution < -0.4 is 10.6 Å². The Morgan fingerprint density at radius 2 is 2.03 bits per heavy atom. The third-order valence-corrected chi connectivity index (χ3v) is 6.52. The van der Waals surface area contributed by atoms with Crippen LogP contribution in [-0.4, -0.2) is 66.0 Å². The maximum atomic E-state index is 13.7. The first-order valence-corrected chi connectivity index (χ1v) is 11.3. The van der Waals surface area contributed by atoms with E-state index in [0.717, 1.165) is 18.9 Å². The van der Waals surface area contributed by atoms with Crippen molar-refractivity contribution in [3.8, 4) is 0 Å². The zero-order valence-corrected chi connectivity index (χ0v) is 18.9. The van der Waals surface area contributed by atoms with Gasteiger partial charge in [-0.25, -0.2) is 4.79 Å². The molecule has 1 aromatic carbocycles. The zero-order valence-electron chi connectivity index (χ0n) is 18.9. The lowest BCUT2D eigenvalue weighted by atomic mass is 9.91. The SMILES string of the molecule is CCN1C(=O)N[C@H](c2ccccc2C(F)(F)F)C2=C1CN([C@H](C)C(=O)NC[C@@H]1CCCO1)C2=O. The molecular formula is C23H27F3N4O4. The Morgan fingerprint density at radius 1 is 1.29 bits per heavy atom. The van der Waals surface area contributed by atoms with Crippen LogP contribution in [0, 0.1) is 0 Å². The maximum absolute atomic E-state index is 13.7. The number of carbonyl (C=O) groups excluding carboxylic acids is 3. The highest BCUT2D eigenvalue weighted by Crippen LogP contribution is 2.41. The Bertz CT molecular complexity index is 1020. The van der Waals surface area contributed by atoms with Gasteiger partial charge in [0, 0.05) is 19.7 Å². The lowest BCUT2D eigenvalue weighted by Gasteiger charge is -2.33. The molecule has 11 heteroatoms. The number of benzene rings is 1. The summed E-state index contributed by atoms with van der Waals surface area (Å²) in [6.45, 7) is 4.41. The number of amides is 4. The van der Waals surface area contributed by atoms with Gasteiger partial charge in [0.25, 0.3) is 5.91 Å². The number of alkyl halides is 3. The van der Waals surface area contributed by atoms with Crippen LogP contribution in [0.15, 0.2) is 35.5 Å². The van der Waals surface area contributed by atoms with Crippen LogP contribution in [0.2, 0.25) is 0 Å². The predicted molar refractivity (Wildman–Crippen MR) is 115 cm³/mol. The van der Waals surface area contributed by atoms with Crippen molar-refractivity contribution in [2.75, 3.05) is 26.2 Å². The van der Waals surface area contributed by atoms with E-state index in [-0.39, 0.29) is 30.3 Å². The largest absolute Gasteiger partial charge is 0.416 e. The minimum Gasteiger partial charge on any atom is -0.376 e. The summed E-state index contributed by atoms with van der Waals surface area (Å²) in [5.74, 6) is -0.964. The molecule has 2 N–H and O–H groups in total. The van der Waals surface area contributed by atoms with Crippen molar-refractivity contribution in [2.24, 2.45) is 0 Å². The molecule has 8 nitrogen and oxygen atoms in total. The van der Waals surface area contributed by atoms with E-state index in [1.54, 1.807) is 13.8 Å². The highest BCUT2D eigenvalue weighted by molar-refractivity contribution is 6.03. The molecule has 0 spiro atoms. The van der Waals surface area contributed by atoms with Gasteiger partial charge in [-0.05, 0) is 38.3 Å². The van der Waals surface area contributed by atoms with Gasteiger partial charge in [-0.1, -0.05) is 18.2 Å². The summed E-state index contributed by atoms with van der Waals surface area (Å²) in [6.07, 6.45) is -2.98. The Kier molecular flexibility index (Phi) is 6.57. The van der Waals surface area contributed by atoms with Crippen molar-refractivity contribution in [3.05, 3.63) is 46.7 Å². The third-order valence-electron chi connectivity index (χ3n) is 6.52. The van der Waals surface area contributed by atoms with Crippen LogP contribution in [0.3, 0.4) is 0 Å². The molecule has 4 amide bonds. The minimum atomic E-state index is -4.67. The number of rotatable bonds is 6. The monoisotopic (exact) mass is 480 g/mol. The van der Waals surface area contributed by atoms with Gasteiger partial charge in [0.2, 0.25) is 5.91 Å². The van der Waals surface area contributed by atoms with E-state index in [0.29, 0.717) is 18.8 Å². The summed E-state index contributed by atoms with van der Waals surface area (Å²) in [6, 6.07) is 2.12. The first-order valence-electron chi connectivity index (χ1n) is 11.3. The van der Waals surface area contributed by atoms with Gasteiger partial charge in [-0.3, -0.25) is 14.5 Å². The third kappa shape index (κ3) is 4.36. The molecule has 0 bridgehead atoms. The van der Waals surface area contributed by atoms with Crippen LogP contribution in [0.1, 0.15) is 43.9 Å². The van der Waals surface area contributed by atoms with Gasteiger partial charge in [-0.2, -0.15) is 13.2 Å². The molecule has 184 valence electrons. The summed E-state index contributed by atoms with van der Waals surface area (Å²) in [7, 11) is 0. The first kappa shape index (κ1) is 24.1. The van der Waals surface area contributed by atoms with Crippen molar-refractivity contribution < 1.29 is 32.3 Å². The van der Waals surface area contributed by atoms with Gasteiger partial charge in [0.05, 0.1) is 35.5 Å². The predicted octanol–water partition coefficient (Wildman–Crippen LogP) is 2.57. The lowest BCUT2D eigenvalue weighted by Crippen LogP contribution is -2.48. The lowest BCUT2D eigenvalue weighted by molar-refractivity contribution is -0.138. The van der Waals surface area contributed by atoms with Gasteiger partial charge in [-0.15, -0.1) is 0 Å². The molecule has 0 saturated carbocycles. The van der Waals surface area contributed by atoms with Crippen molar-refractivity contribution in [1.29, 1.82) is 0 Å². The topological polar surface area (TPSA) is 91.0 Å². The smallest absolute Gasteiger partial charge is 0.376 e. The number of hydrogen-bond acceptors (Lipinski definition) is 4. The maximum Gasteiger partial charge on any atom is 0.416 e. The Balaban J connectivity index is 1.62. The minimum absolute atomic E-state index is 0.0470. The standard InChI is InChI=1S/C23H27F3N4O4/c1-3-29-17-12-30(13(2)20(31)27-11-14-7-6-10-34-14)21(32)18(17)19(28-22(29)33)15-8-4-5-9-16(15)23(24,25)26/h4-5,8-9,13-14,19H,3,6-7,10-12H2,1-2H3,(H,27,31)(H,28,33)/t13-,14+,19-/m1/s1. The summed E-state index contributed by atoms with van der Waals surface area (Å²) in [4.78, 5) is 41.6.